The highest BCUT2D eigenvalue weighted by atomic mass is 19.1. The van der Waals surface area contributed by atoms with Crippen LogP contribution in [0, 0.1) is 5.82 Å². The summed E-state index contributed by atoms with van der Waals surface area (Å²) in [5.74, 6) is 0.523. The monoisotopic (exact) mass is 431 g/mol. The second kappa shape index (κ2) is 9.52. The molecule has 4 N–H and O–H groups in total. The van der Waals surface area contributed by atoms with Crippen LogP contribution >= 0.6 is 0 Å². The van der Waals surface area contributed by atoms with Gasteiger partial charge in [0.1, 0.15) is 18.0 Å². The highest BCUT2D eigenvalue weighted by molar-refractivity contribution is 6.30. The van der Waals surface area contributed by atoms with Crippen molar-refractivity contribution in [3.05, 3.63) is 90.6 Å². The maximum Gasteiger partial charge on any atom is 0.631 e. The molecule has 0 spiro atoms. The molecule has 0 unspecified atom stereocenters. The maximum absolute atomic E-state index is 13.4. The SMILES string of the molecule is Fc1cccc(Cn2ncc3cc(Nc4ncnc5ccccc45)ccc32)c1.OB(O)O. The molecule has 0 aliphatic rings. The van der Waals surface area contributed by atoms with E-state index < -0.39 is 7.32 Å². The topological polar surface area (TPSA) is 116 Å². The van der Waals surface area contributed by atoms with E-state index in [1.807, 2.05) is 59.4 Å². The summed E-state index contributed by atoms with van der Waals surface area (Å²) in [6.45, 7) is 0.518. The third-order valence-electron chi connectivity index (χ3n) is 4.67. The van der Waals surface area contributed by atoms with Crippen LogP contribution in [0.5, 0.6) is 0 Å². The van der Waals surface area contributed by atoms with Gasteiger partial charge in [0, 0.05) is 16.5 Å². The molecule has 0 fully saturated rings. The summed E-state index contributed by atoms with van der Waals surface area (Å²) < 4.78 is 15.3. The zero-order valence-electron chi connectivity index (χ0n) is 16.8. The molecule has 0 bridgehead atoms. The summed E-state index contributed by atoms with van der Waals surface area (Å²) >= 11 is 0. The molecule has 5 aromatic rings. The third kappa shape index (κ3) is 5.06. The Bertz CT molecular complexity index is 1350. The lowest BCUT2D eigenvalue weighted by Crippen LogP contribution is -2.07. The number of rotatable bonds is 4. The van der Waals surface area contributed by atoms with E-state index in [1.165, 1.54) is 12.1 Å². The van der Waals surface area contributed by atoms with Gasteiger partial charge in [-0.3, -0.25) is 4.68 Å². The van der Waals surface area contributed by atoms with Gasteiger partial charge in [0.25, 0.3) is 0 Å². The van der Waals surface area contributed by atoms with Crippen LogP contribution in [0.25, 0.3) is 21.8 Å². The molecule has 0 atom stereocenters. The molecular weight excluding hydrogens is 412 g/mol. The van der Waals surface area contributed by atoms with Gasteiger partial charge >= 0.3 is 7.32 Å². The molecule has 160 valence electrons. The van der Waals surface area contributed by atoms with Crippen molar-refractivity contribution in [2.24, 2.45) is 0 Å². The fourth-order valence-electron chi connectivity index (χ4n) is 3.34. The number of fused-ring (bicyclic) bond motifs is 2. The lowest BCUT2D eigenvalue weighted by atomic mass is 10.2. The second-order valence-electron chi connectivity index (χ2n) is 6.92. The summed E-state index contributed by atoms with van der Waals surface area (Å²) in [5.41, 5.74) is 3.67. The Balaban J connectivity index is 0.000000567. The Labute approximate surface area is 182 Å². The first kappa shape index (κ1) is 21.4. The quantitative estimate of drug-likeness (QED) is 0.324. The molecule has 0 aliphatic heterocycles. The van der Waals surface area contributed by atoms with Crippen molar-refractivity contribution in [2.45, 2.75) is 6.54 Å². The van der Waals surface area contributed by atoms with Gasteiger partial charge in [-0.1, -0.05) is 24.3 Å². The van der Waals surface area contributed by atoms with Crippen LogP contribution in [-0.4, -0.2) is 42.1 Å². The lowest BCUT2D eigenvalue weighted by molar-refractivity contribution is 0.278. The first-order valence-corrected chi connectivity index (χ1v) is 9.70. The van der Waals surface area contributed by atoms with Crippen LogP contribution in [-0.2, 0) is 6.54 Å². The molecule has 2 aromatic heterocycles. The van der Waals surface area contributed by atoms with Gasteiger partial charge in [0.2, 0.25) is 0 Å². The number of nitrogens with zero attached hydrogens (tertiary/aromatic N) is 4. The molecular formula is C22H19BFN5O3. The lowest BCUT2D eigenvalue weighted by Gasteiger charge is -2.09. The molecule has 5 rings (SSSR count). The molecule has 10 heteroatoms. The van der Waals surface area contributed by atoms with Crippen molar-refractivity contribution in [1.82, 2.24) is 19.7 Å². The zero-order valence-corrected chi connectivity index (χ0v) is 16.8. The van der Waals surface area contributed by atoms with Crippen LogP contribution in [0.3, 0.4) is 0 Å². The van der Waals surface area contributed by atoms with Crippen molar-refractivity contribution in [3.8, 4) is 0 Å². The fraction of sp³-hybridized carbons (Fsp3) is 0.0455. The van der Waals surface area contributed by atoms with Crippen LogP contribution in [0.2, 0.25) is 0 Å². The smallest absolute Gasteiger partial charge is 0.402 e. The van der Waals surface area contributed by atoms with Crippen LogP contribution in [0.4, 0.5) is 15.9 Å². The average molecular weight is 431 g/mol. The van der Waals surface area contributed by atoms with Crippen molar-refractivity contribution in [2.75, 3.05) is 5.32 Å². The number of nitrogens with one attached hydrogen (secondary N) is 1. The molecule has 8 nitrogen and oxygen atoms in total. The number of hydrogen-bond donors (Lipinski definition) is 4. The Morgan fingerprint density at radius 3 is 2.56 bits per heavy atom. The molecule has 0 aliphatic carbocycles. The normalized spacial score (nSPS) is 10.6. The van der Waals surface area contributed by atoms with E-state index in [0.717, 1.165) is 38.9 Å². The minimum absolute atomic E-state index is 0.238. The third-order valence-corrected chi connectivity index (χ3v) is 4.67. The van der Waals surface area contributed by atoms with Crippen LogP contribution < -0.4 is 5.32 Å². The largest absolute Gasteiger partial charge is 0.631 e. The van der Waals surface area contributed by atoms with E-state index in [-0.39, 0.29) is 5.82 Å². The Hall–Kier alpha value is -3.86. The van der Waals surface area contributed by atoms with Gasteiger partial charge in [0.05, 0.1) is 23.8 Å². The Kier molecular flexibility index (Phi) is 6.36. The van der Waals surface area contributed by atoms with E-state index in [2.05, 4.69) is 20.4 Å². The Morgan fingerprint density at radius 1 is 0.938 bits per heavy atom. The maximum atomic E-state index is 13.4. The summed E-state index contributed by atoms with van der Waals surface area (Å²) in [5, 5.41) is 31.3. The van der Waals surface area contributed by atoms with Crippen molar-refractivity contribution in [1.29, 1.82) is 0 Å². The van der Waals surface area contributed by atoms with Crippen molar-refractivity contribution >= 4 is 40.6 Å². The van der Waals surface area contributed by atoms with E-state index in [1.54, 1.807) is 12.4 Å². The van der Waals surface area contributed by atoms with Crippen molar-refractivity contribution < 1.29 is 19.5 Å². The predicted octanol–water partition coefficient (Wildman–Crippen LogP) is 2.86. The summed E-state index contributed by atoms with van der Waals surface area (Å²) in [6, 6.07) is 20.5. The van der Waals surface area contributed by atoms with Gasteiger partial charge in [-0.15, -0.1) is 0 Å². The number of aromatic nitrogens is 4. The minimum atomic E-state index is -2.17. The van der Waals surface area contributed by atoms with E-state index in [9.17, 15) is 4.39 Å². The highest BCUT2D eigenvalue weighted by Crippen LogP contribution is 2.25. The molecule has 0 radical (unpaired) electrons. The molecule has 0 saturated carbocycles. The minimum Gasteiger partial charge on any atom is -0.402 e. The molecule has 3 aromatic carbocycles. The van der Waals surface area contributed by atoms with E-state index in [0.29, 0.717) is 6.54 Å². The number of anilines is 2. The first-order valence-electron chi connectivity index (χ1n) is 9.70. The number of halogens is 1. The molecule has 0 saturated heterocycles. The molecule has 32 heavy (non-hydrogen) atoms. The van der Waals surface area contributed by atoms with E-state index in [4.69, 9.17) is 15.1 Å². The summed E-state index contributed by atoms with van der Waals surface area (Å²) in [6.07, 6.45) is 3.37. The van der Waals surface area contributed by atoms with Gasteiger partial charge < -0.3 is 20.4 Å². The molecule has 2 heterocycles. The number of benzene rings is 3. The predicted molar refractivity (Wildman–Crippen MR) is 120 cm³/mol. The van der Waals surface area contributed by atoms with Gasteiger partial charge in [0.15, 0.2) is 0 Å². The summed E-state index contributed by atoms with van der Waals surface area (Å²) in [4.78, 5) is 8.66. The average Bonchev–Trinajstić information content (AvgIpc) is 3.16. The first-order chi connectivity index (χ1) is 15.5. The zero-order chi connectivity index (χ0) is 22.5. The van der Waals surface area contributed by atoms with Gasteiger partial charge in [-0.05, 0) is 48.0 Å². The molecule has 0 amide bonds. The van der Waals surface area contributed by atoms with Crippen LogP contribution in [0.1, 0.15) is 5.56 Å². The number of para-hydroxylation sites is 1. The summed E-state index contributed by atoms with van der Waals surface area (Å²) in [7, 11) is -2.17. The van der Waals surface area contributed by atoms with Gasteiger partial charge in [-0.25, -0.2) is 14.4 Å². The number of hydrogen-bond acceptors (Lipinski definition) is 7. The van der Waals surface area contributed by atoms with E-state index >= 15 is 0 Å². The fourth-order valence-corrected chi connectivity index (χ4v) is 3.34. The standard InChI is InChI=1S/C22H16FN5.BH3O3/c23-17-5-3-4-15(10-17)13-28-21-9-8-18(11-16(21)12-26-28)27-22-19-6-1-2-7-20(19)24-14-25-22;2-1(3)4/h1-12,14H,13H2,(H,24,25,27);2-4H. The highest BCUT2D eigenvalue weighted by Gasteiger charge is 2.07. The van der Waals surface area contributed by atoms with Crippen LogP contribution in [0.15, 0.2) is 79.3 Å². The van der Waals surface area contributed by atoms with Crippen molar-refractivity contribution in [3.63, 3.8) is 0 Å². The Morgan fingerprint density at radius 2 is 1.75 bits per heavy atom. The van der Waals surface area contributed by atoms with Gasteiger partial charge in [-0.2, -0.15) is 5.10 Å². The second-order valence-corrected chi connectivity index (χ2v) is 6.92.